The summed E-state index contributed by atoms with van der Waals surface area (Å²) in [7, 11) is 0. The Labute approximate surface area is 138 Å². The zero-order valence-electron chi connectivity index (χ0n) is 10.4. The molecule has 3 heterocycles. The molecule has 0 amide bonds. The highest BCUT2D eigenvalue weighted by Gasteiger charge is 2.24. The van der Waals surface area contributed by atoms with Gasteiger partial charge in [-0.05, 0) is 35.2 Å². The molecule has 5 heteroatoms. The average Bonchev–Trinajstić information content (AvgIpc) is 3.10. The number of halogens is 2. The lowest BCUT2D eigenvalue weighted by Gasteiger charge is -2.13. The van der Waals surface area contributed by atoms with Gasteiger partial charge in [0.25, 0.3) is 0 Å². The van der Waals surface area contributed by atoms with Gasteiger partial charge in [0.05, 0.1) is 12.0 Å². The van der Waals surface area contributed by atoms with Gasteiger partial charge < -0.3 is 4.74 Å². The van der Waals surface area contributed by atoms with Gasteiger partial charge >= 0.3 is 0 Å². The number of fused-ring (bicyclic) bond motifs is 2. The molecule has 1 unspecified atom stereocenters. The largest absolute Gasteiger partial charge is 0.493 e. The molecule has 2 aromatic heterocycles. The van der Waals surface area contributed by atoms with E-state index in [2.05, 4.69) is 45.6 Å². The second-order valence-electron chi connectivity index (χ2n) is 4.74. The second-order valence-corrected chi connectivity index (χ2v) is 8.16. The summed E-state index contributed by atoms with van der Waals surface area (Å²) in [5, 5.41) is 1.97. The van der Waals surface area contributed by atoms with Gasteiger partial charge in [-0.25, -0.2) is 0 Å². The minimum Gasteiger partial charge on any atom is -0.493 e. The number of hydrogen-bond donors (Lipinski definition) is 0. The number of benzene rings is 1. The van der Waals surface area contributed by atoms with Crippen molar-refractivity contribution in [3.05, 3.63) is 50.1 Å². The summed E-state index contributed by atoms with van der Waals surface area (Å²) in [6, 6.07) is 8.56. The van der Waals surface area contributed by atoms with Gasteiger partial charge in [-0.3, -0.25) is 0 Å². The Hall–Kier alpha value is -0.550. The number of rotatable bonds is 2. The first kappa shape index (κ1) is 13.1. The predicted octanol–water partition coefficient (Wildman–Crippen LogP) is 5.99. The Morgan fingerprint density at radius 1 is 1.25 bits per heavy atom. The van der Waals surface area contributed by atoms with Gasteiger partial charge in [-0.15, -0.1) is 34.3 Å². The first-order chi connectivity index (χ1) is 9.72. The third kappa shape index (κ3) is 2.10. The van der Waals surface area contributed by atoms with E-state index in [0.29, 0.717) is 0 Å². The fraction of sp³-hybridized carbons (Fsp3) is 0.200. The van der Waals surface area contributed by atoms with Crippen LogP contribution in [0.1, 0.15) is 21.4 Å². The van der Waals surface area contributed by atoms with Crippen molar-refractivity contribution in [2.45, 2.75) is 11.8 Å². The van der Waals surface area contributed by atoms with E-state index in [4.69, 9.17) is 16.3 Å². The van der Waals surface area contributed by atoms with Gasteiger partial charge in [0, 0.05) is 30.7 Å². The molecular weight excluding hydrogens is 376 g/mol. The highest BCUT2D eigenvalue weighted by molar-refractivity contribution is 9.10. The molecule has 0 N–H and O–H groups in total. The fourth-order valence-corrected chi connectivity index (χ4v) is 5.55. The van der Waals surface area contributed by atoms with Crippen LogP contribution in [0.3, 0.4) is 0 Å². The van der Waals surface area contributed by atoms with Crippen LogP contribution in [-0.2, 0) is 6.42 Å². The zero-order valence-corrected chi connectivity index (χ0v) is 14.3. The fourth-order valence-electron chi connectivity index (χ4n) is 2.55. The number of ether oxygens (including phenoxy) is 1. The van der Waals surface area contributed by atoms with E-state index < -0.39 is 0 Å². The molecule has 1 aromatic carbocycles. The van der Waals surface area contributed by atoms with Crippen LogP contribution in [0.4, 0.5) is 0 Å². The maximum Gasteiger partial charge on any atom is 0.127 e. The van der Waals surface area contributed by atoms with Crippen molar-refractivity contribution in [2.24, 2.45) is 0 Å². The lowest BCUT2D eigenvalue weighted by molar-refractivity contribution is 0.353. The van der Waals surface area contributed by atoms with Gasteiger partial charge in [-0.2, -0.15) is 0 Å². The van der Waals surface area contributed by atoms with Crippen LogP contribution in [-0.4, -0.2) is 6.61 Å². The summed E-state index contributed by atoms with van der Waals surface area (Å²) in [6.45, 7) is 0.752. The van der Waals surface area contributed by atoms with Crippen molar-refractivity contribution >= 4 is 59.6 Å². The molecule has 0 saturated carbocycles. The highest BCUT2D eigenvalue weighted by Crippen LogP contribution is 2.45. The van der Waals surface area contributed by atoms with Gasteiger partial charge in [0.2, 0.25) is 0 Å². The van der Waals surface area contributed by atoms with E-state index in [-0.39, 0.29) is 5.38 Å². The molecule has 102 valence electrons. The number of thiophene rings is 2. The molecule has 0 spiro atoms. The van der Waals surface area contributed by atoms with Crippen molar-refractivity contribution in [2.75, 3.05) is 6.61 Å². The van der Waals surface area contributed by atoms with Crippen LogP contribution < -0.4 is 4.74 Å². The monoisotopic (exact) mass is 384 g/mol. The molecule has 3 aromatic rings. The van der Waals surface area contributed by atoms with Crippen molar-refractivity contribution in [3.63, 3.8) is 0 Å². The van der Waals surface area contributed by atoms with E-state index in [9.17, 15) is 0 Å². The lowest BCUT2D eigenvalue weighted by Crippen LogP contribution is -1.95. The molecule has 0 bridgehead atoms. The van der Waals surface area contributed by atoms with Crippen molar-refractivity contribution in [1.82, 2.24) is 0 Å². The van der Waals surface area contributed by atoms with E-state index >= 15 is 0 Å². The molecule has 0 aliphatic carbocycles. The van der Waals surface area contributed by atoms with Crippen molar-refractivity contribution in [3.8, 4) is 5.75 Å². The van der Waals surface area contributed by atoms with Crippen LogP contribution in [0, 0.1) is 0 Å². The SMILES string of the molecule is ClC(c1cc2sccc2s1)c1cc(Br)cc2c1OCC2. The molecule has 1 atom stereocenters. The molecule has 0 saturated heterocycles. The Morgan fingerprint density at radius 2 is 2.15 bits per heavy atom. The van der Waals surface area contributed by atoms with Crippen LogP contribution in [0.15, 0.2) is 34.1 Å². The molecule has 1 aliphatic heterocycles. The topological polar surface area (TPSA) is 9.23 Å². The molecule has 1 aliphatic rings. The zero-order chi connectivity index (χ0) is 13.7. The van der Waals surface area contributed by atoms with Crippen molar-refractivity contribution < 1.29 is 4.74 Å². The Bertz CT molecular complexity index is 764. The maximum atomic E-state index is 6.73. The summed E-state index contributed by atoms with van der Waals surface area (Å²) >= 11 is 13.8. The number of alkyl halides is 1. The summed E-state index contributed by atoms with van der Waals surface area (Å²) in [5.74, 6) is 0.977. The average molecular weight is 386 g/mol. The van der Waals surface area contributed by atoms with Gasteiger partial charge in [0.15, 0.2) is 0 Å². The summed E-state index contributed by atoms with van der Waals surface area (Å²) in [5.41, 5.74) is 2.32. The predicted molar refractivity (Wildman–Crippen MR) is 90.7 cm³/mol. The Balaban J connectivity index is 1.82. The van der Waals surface area contributed by atoms with Gasteiger partial charge in [0.1, 0.15) is 5.75 Å². The molecule has 0 fully saturated rings. The summed E-state index contributed by atoms with van der Waals surface area (Å²) < 4.78 is 9.47. The minimum absolute atomic E-state index is 0.149. The highest BCUT2D eigenvalue weighted by atomic mass is 79.9. The second kappa shape index (κ2) is 5.02. The quantitative estimate of drug-likeness (QED) is 0.492. The smallest absolute Gasteiger partial charge is 0.127 e. The van der Waals surface area contributed by atoms with E-state index in [1.807, 2.05) is 0 Å². The third-order valence-corrected chi connectivity index (χ3v) is 6.67. The molecule has 0 radical (unpaired) electrons. The molecule has 4 rings (SSSR count). The van der Waals surface area contributed by atoms with Gasteiger partial charge in [-0.1, -0.05) is 15.9 Å². The first-order valence-corrected chi connectivity index (χ1v) is 9.21. The van der Waals surface area contributed by atoms with Crippen LogP contribution in [0.2, 0.25) is 0 Å². The summed E-state index contributed by atoms with van der Waals surface area (Å²) in [4.78, 5) is 1.18. The third-order valence-electron chi connectivity index (χ3n) is 3.46. The Morgan fingerprint density at radius 3 is 3.00 bits per heavy atom. The standard InChI is InChI=1S/C15H10BrClOS2/c16-9-5-8-1-3-18-15(8)10(6-9)14(17)13-7-12-11(20-13)2-4-19-12/h2,4-7,14H,1,3H2. The Kier molecular flexibility index (Phi) is 3.30. The lowest BCUT2D eigenvalue weighted by atomic mass is 10.0. The maximum absolute atomic E-state index is 6.73. The van der Waals surface area contributed by atoms with Crippen LogP contribution in [0.25, 0.3) is 9.40 Å². The molecule has 20 heavy (non-hydrogen) atoms. The minimum atomic E-state index is -0.149. The summed E-state index contributed by atoms with van der Waals surface area (Å²) in [6.07, 6.45) is 0.963. The van der Waals surface area contributed by atoms with Crippen LogP contribution >= 0.6 is 50.2 Å². The van der Waals surface area contributed by atoms with E-state index in [1.54, 1.807) is 22.7 Å². The molecular formula is C15H10BrClOS2. The van der Waals surface area contributed by atoms with Crippen molar-refractivity contribution in [1.29, 1.82) is 0 Å². The van der Waals surface area contributed by atoms with E-state index in [1.165, 1.54) is 19.8 Å². The number of hydrogen-bond acceptors (Lipinski definition) is 3. The molecule has 1 nitrogen and oxygen atoms in total. The van der Waals surface area contributed by atoms with E-state index in [0.717, 1.165) is 28.8 Å². The normalized spacial score (nSPS) is 15.3. The first-order valence-electron chi connectivity index (χ1n) is 6.28. The van der Waals surface area contributed by atoms with Crippen LogP contribution in [0.5, 0.6) is 5.75 Å².